The highest BCUT2D eigenvalue weighted by Gasteiger charge is 2.20. The van der Waals surface area contributed by atoms with Gasteiger partial charge in [0.25, 0.3) is 0 Å². The molecule has 1 aliphatic rings. The van der Waals surface area contributed by atoms with E-state index in [0.717, 1.165) is 0 Å². The minimum Gasteiger partial charge on any atom is -0.478 e. The van der Waals surface area contributed by atoms with Gasteiger partial charge in [0, 0.05) is 6.54 Å². The number of carbonyl (C=O) groups is 2. The van der Waals surface area contributed by atoms with E-state index in [-0.39, 0.29) is 30.3 Å². The zero-order valence-corrected chi connectivity index (χ0v) is 10.3. The van der Waals surface area contributed by atoms with Crippen LogP contribution in [0.4, 0.5) is 4.39 Å². The Morgan fingerprint density at radius 3 is 2.74 bits per heavy atom. The lowest BCUT2D eigenvalue weighted by Crippen LogP contribution is -2.36. The van der Waals surface area contributed by atoms with E-state index in [4.69, 9.17) is 5.11 Å². The summed E-state index contributed by atoms with van der Waals surface area (Å²) in [6.45, 7) is 0.454. The van der Waals surface area contributed by atoms with Gasteiger partial charge < -0.3 is 10.0 Å². The van der Waals surface area contributed by atoms with Gasteiger partial charge in [-0.05, 0) is 24.1 Å². The van der Waals surface area contributed by atoms with Crippen molar-refractivity contribution in [2.75, 3.05) is 13.1 Å². The quantitative estimate of drug-likeness (QED) is 0.907. The molecule has 0 radical (unpaired) electrons. The highest BCUT2D eigenvalue weighted by molar-refractivity contribution is 5.91. The zero-order valence-electron chi connectivity index (χ0n) is 10.3. The smallest absolute Gasteiger partial charge is 0.335 e. The van der Waals surface area contributed by atoms with E-state index in [1.165, 1.54) is 17.0 Å². The third kappa shape index (κ3) is 3.19. The van der Waals surface area contributed by atoms with E-state index in [9.17, 15) is 14.0 Å². The molecule has 1 aromatic carbocycles. The molecule has 1 aliphatic heterocycles. The molecule has 0 unspecified atom stereocenters. The van der Waals surface area contributed by atoms with Crippen molar-refractivity contribution in [3.05, 3.63) is 47.3 Å². The molecule has 4 nitrogen and oxygen atoms in total. The molecule has 1 N–H and O–H groups in total. The lowest BCUT2D eigenvalue weighted by molar-refractivity contribution is -0.130. The molecular weight excluding hydrogens is 249 g/mol. The van der Waals surface area contributed by atoms with Crippen LogP contribution in [0.5, 0.6) is 0 Å². The highest BCUT2D eigenvalue weighted by Crippen LogP contribution is 2.15. The molecule has 0 aromatic heterocycles. The lowest BCUT2D eigenvalue weighted by Gasteiger charge is -2.24. The fraction of sp³-hybridized carbons (Fsp3) is 0.286. The first-order chi connectivity index (χ1) is 9.08. The number of hydrogen-bond acceptors (Lipinski definition) is 2. The Balaban J connectivity index is 2.11. The van der Waals surface area contributed by atoms with Gasteiger partial charge in [0.1, 0.15) is 5.83 Å². The SMILES string of the molecule is O=C(O)c1ccccc1CC(=O)N1CCC=C(F)C1. The maximum Gasteiger partial charge on any atom is 0.335 e. The molecule has 0 atom stereocenters. The Morgan fingerprint density at radius 2 is 2.05 bits per heavy atom. The Kier molecular flexibility index (Phi) is 3.94. The molecule has 0 aliphatic carbocycles. The van der Waals surface area contributed by atoms with Crippen LogP contribution >= 0.6 is 0 Å². The van der Waals surface area contributed by atoms with Crippen LogP contribution in [-0.2, 0) is 11.2 Å². The standard InChI is InChI=1S/C14H14FNO3/c15-11-5-3-7-16(9-11)13(17)8-10-4-1-2-6-12(10)14(18)19/h1-2,4-6H,3,7-9H2,(H,18,19). The third-order valence-corrected chi connectivity index (χ3v) is 3.05. The summed E-state index contributed by atoms with van der Waals surface area (Å²) in [6.07, 6.45) is 1.95. The van der Waals surface area contributed by atoms with Crippen molar-refractivity contribution < 1.29 is 19.1 Å². The molecule has 0 saturated carbocycles. The summed E-state index contributed by atoms with van der Waals surface area (Å²) in [5, 5.41) is 9.04. The van der Waals surface area contributed by atoms with Crippen LogP contribution in [-0.4, -0.2) is 35.0 Å². The van der Waals surface area contributed by atoms with E-state index in [1.807, 2.05) is 0 Å². The van der Waals surface area contributed by atoms with Crippen molar-refractivity contribution in [3.63, 3.8) is 0 Å². The molecule has 5 heteroatoms. The van der Waals surface area contributed by atoms with Crippen molar-refractivity contribution in [2.45, 2.75) is 12.8 Å². The van der Waals surface area contributed by atoms with Crippen molar-refractivity contribution in [1.29, 1.82) is 0 Å². The number of amides is 1. The molecule has 19 heavy (non-hydrogen) atoms. The monoisotopic (exact) mass is 263 g/mol. The molecule has 1 amide bonds. The third-order valence-electron chi connectivity index (χ3n) is 3.05. The Hall–Kier alpha value is -2.17. The number of halogens is 1. The fourth-order valence-corrected chi connectivity index (χ4v) is 2.07. The molecule has 0 bridgehead atoms. The van der Waals surface area contributed by atoms with E-state index < -0.39 is 5.97 Å². The topological polar surface area (TPSA) is 57.6 Å². The Labute approximate surface area is 110 Å². The molecule has 100 valence electrons. The van der Waals surface area contributed by atoms with Gasteiger partial charge in [-0.1, -0.05) is 18.2 Å². The first kappa shape index (κ1) is 13.3. The summed E-state index contributed by atoms with van der Waals surface area (Å²) in [7, 11) is 0. The van der Waals surface area contributed by atoms with Gasteiger partial charge in [-0.25, -0.2) is 9.18 Å². The summed E-state index contributed by atoms with van der Waals surface area (Å²) in [4.78, 5) is 24.5. The first-order valence-electron chi connectivity index (χ1n) is 6.01. The van der Waals surface area contributed by atoms with Gasteiger partial charge in [0.05, 0.1) is 18.5 Å². The van der Waals surface area contributed by atoms with E-state index in [1.54, 1.807) is 18.2 Å². The number of carbonyl (C=O) groups excluding carboxylic acids is 1. The predicted octanol–water partition coefficient (Wildman–Crippen LogP) is 2.01. The number of rotatable bonds is 3. The van der Waals surface area contributed by atoms with Crippen LogP contribution < -0.4 is 0 Å². The van der Waals surface area contributed by atoms with Crippen molar-refractivity contribution >= 4 is 11.9 Å². The number of carboxylic acids is 1. The van der Waals surface area contributed by atoms with Crippen LogP contribution in [0, 0.1) is 0 Å². The molecule has 1 heterocycles. The van der Waals surface area contributed by atoms with Crippen LogP contribution in [0.15, 0.2) is 36.2 Å². The number of hydrogen-bond donors (Lipinski definition) is 1. The Bertz CT molecular complexity index is 539. The van der Waals surface area contributed by atoms with Crippen LogP contribution in [0.1, 0.15) is 22.3 Å². The highest BCUT2D eigenvalue weighted by atomic mass is 19.1. The normalized spacial score (nSPS) is 15.0. The summed E-state index contributed by atoms with van der Waals surface area (Å²) < 4.78 is 13.1. The molecule has 2 rings (SSSR count). The van der Waals surface area contributed by atoms with Crippen molar-refractivity contribution in [1.82, 2.24) is 4.90 Å². The largest absolute Gasteiger partial charge is 0.478 e. The maximum atomic E-state index is 13.1. The van der Waals surface area contributed by atoms with Crippen LogP contribution in [0.2, 0.25) is 0 Å². The van der Waals surface area contributed by atoms with Crippen molar-refractivity contribution in [3.8, 4) is 0 Å². The second-order valence-electron chi connectivity index (χ2n) is 4.39. The number of carboxylic acid groups (broad SMARTS) is 1. The molecule has 0 spiro atoms. The summed E-state index contributed by atoms with van der Waals surface area (Å²) in [5.74, 6) is -1.63. The number of aromatic carboxylic acids is 1. The van der Waals surface area contributed by atoms with E-state index in [2.05, 4.69) is 0 Å². The van der Waals surface area contributed by atoms with Crippen LogP contribution in [0.3, 0.4) is 0 Å². The predicted molar refractivity (Wildman–Crippen MR) is 67.5 cm³/mol. The summed E-state index contributed by atoms with van der Waals surface area (Å²) in [6, 6.07) is 6.37. The molecule has 0 fully saturated rings. The second kappa shape index (κ2) is 5.65. The Morgan fingerprint density at radius 1 is 1.32 bits per heavy atom. The van der Waals surface area contributed by atoms with Crippen molar-refractivity contribution in [2.24, 2.45) is 0 Å². The van der Waals surface area contributed by atoms with Gasteiger partial charge in [-0.15, -0.1) is 0 Å². The van der Waals surface area contributed by atoms with Gasteiger partial charge in [-0.2, -0.15) is 0 Å². The molecular formula is C14H14FNO3. The summed E-state index contributed by atoms with van der Waals surface area (Å²) in [5.41, 5.74) is 0.568. The summed E-state index contributed by atoms with van der Waals surface area (Å²) >= 11 is 0. The number of nitrogens with zero attached hydrogens (tertiary/aromatic N) is 1. The lowest BCUT2D eigenvalue weighted by atomic mass is 10.0. The zero-order chi connectivity index (χ0) is 13.8. The average Bonchev–Trinajstić information content (AvgIpc) is 2.39. The molecule has 1 aromatic rings. The minimum absolute atomic E-state index is 0.0181. The fourth-order valence-electron chi connectivity index (χ4n) is 2.07. The number of benzene rings is 1. The van der Waals surface area contributed by atoms with Crippen LogP contribution in [0.25, 0.3) is 0 Å². The van der Waals surface area contributed by atoms with E-state index in [0.29, 0.717) is 18.5 Å². The van der Waals surface area contributed by atoms with Gasteiger partial charge in [-0.3, -0.25) is 4.79 Å². The van der Waals surface area contributed by atoms with Gasteiger partial charge >= 0.3 is 5.97 Å². The second-order valence-corrected chi connectivity index (χ2v) is 4.39. The van der Waals surface area contributed by atoms with Gasteiger partial charge in [0.2, 0.25) is 5.91 Å². The minimum atomic E-state index is -1.06. The maximum absolute atomic E-state index is 13.1. The molecule has 0 saturated heterocycles. The van der Waals surface area contributed by atoms with Gasteiger partial charge in [0.15, 0.2) is 0 Å². The average molecular weight is 263 g/mol. The first-order valence-corrected chi connectivity index (χ1v) is 6.01. The van der Waals surface area contributed by atoms with E-state index >= 15 is 0 Å².